The van der Waals surface area contributed by atoms with Crippen LogP contribution in [-0.2, 0) is 0 Å². The molecule has 1 N–H and O–H groups in total. The van der Waals surface area contributed by atoms with E-state index in [1.54, 1.807) is 62.6 Å². The highest BCUT2D eigenvalue weighted by molar-refractivity contribution is 6.04. The molecule has 0 unspecified atom stereocenters. The third-order valence-electron chi connectivity index (χ3n) is 5.46. The Bertz CT molecular complexity index is 1570. The second kappa shape index (κ2) is 8.20. The summed E-state index contributed by atoms with van der Waals surface area (Å²) in [5.74, 6) is 0.913. The van der Waals surface area contributed by atoms with Crippen molar-refractivity contribution in [3.8, 4) is 11.4 Å². The zero-order chi connectivity index (χ0) is 22.9. The highest BCUT2D eigenvalue weighted by Crippen LogP contribution is 2.20. The van der Waals surface area contributed by atoms with Gasteiger partial charge in [0.2, 0.25) is 0 Å². The van der Waals surface area contributed by atoms with Gasteiger partial charge in [0.1, 0.15) is 17.3 Å². The molecule has 0 bridgehead atoms. The molecule has 0 saturated carbocycles. The average molecular weight is 436 g/mol. The second-order valence-electron chi connectivity index (χ2n) is 7.57. The number of amides is 1. The van der Waals surface area contributed by atoms with Gasteiger partial charge in [-0.1, -0.05) is 24.3 Å². The first-order valence-corrected chi connectivity index (χ1v) is 10.4. The molecular formula is C26H20N4O3. The maximum absolute atomic E-state index is 13.3. The summed E-state index contributed by atoms with van der Waals surface area (Å²) in [5, 5.41) is 4.20. The molecule has 162 valence electrons. The van der Waals surface area contributed by atoms with Crippen LogP contribution >= 0.6 is 0 Å². The first-order chi connectivity index (χ1) is 16.0. The lowest BCUT2D eigenvalue weighted by molar-refractivity contribution is 0.102. The molecule has 7 heteroatoms. The van der Waals surface area contributed by atoms with Crippen LogP contribution in [0.25, 0.3) is 27.5 Å². The number of para-hydroxylation sites is 1. The summed E-state index contributed by atoms with van der Waals surface area (Å²) < 4.78 is 6.74. The number of anilines is 1. The van der Waals surface area contributed by atoms with Crippen molar-refractivity contribution < 1.29 is 9.53 Å². The first kappa shape index (κ1) is 20.4. The van der Waals surface area contributed by atoms with Gasteiger partial charge >= 0.3 is 0 Å². The van der Waals surface area contributed by atoms with Gasteiger partial charge in [0.25, 0.3) is 11.5 Å². The van der Waals surface area contributed by atoms with Crippen molar-refractivity contribution in [3.63, 3.8) is 0 Å². The van der Waals surface area contributed by atoms with E-state index in [9.17, 15) is 9.59 Å². The third-order valence-corrected chi connectivity index (χ3v) is 5.46. The van der Waals surface area contributed by atoms with Gasteiger partial charge in [0.05, 0.1) is 29.2 Å². The van der Waals surface area contributed by atoms with Gasteiger partial charge < -0.3 is 10.1 Å². The minimum Gasteiger partial charge on any atom is -0.497 e. The lowest BCUT2D eigenvalue weighted by Crippen LogP contribution is -2.22. The number of pyridine rings is 1. The molecule has 0 aliphatic carbocycles. The Morgan fingerprint density at radius 3 is 2.48 bits per heavy atom. The monoisotopic (exact) mass is 436 g/mol. The molecule has 0 fully saturated rings. The number of fused-ring (bicyclic) bond motifs is 2. The molecular weight excluding hydrogens is 416 g/mol. The van der Waals surface area contributed by atoms with Crippen molar-refractivity contribution in [3.05, 3.63) is 101 Å². The number of nitrogens with one attached hydrogen (secondary N) is 1. The van der Waals surface area contributed by atoms with Gasteiger partial charge in [0, 0.05) is 11.1 Å². The van der Waals surface area contributed by atoms with Crippen molar-refractivity contribution in [2.75, 3.05) is 12.4 Å². The van der Waals surface area contributed by atoms with E-state index >= 15 is 0 Å². The van der Waals surface area contributed by atoms with E-state index in [0.29, 0.717) is 39.5 Å². The van der Waals surface area contributed by atoms with Crippen LogP contribution in [0.15, 0.2) is 83.7 Å². The van der Waals surface area contributed by atoms with Gasteiger partial charge in [-0.05, 0) is 61.5 Å². The Kier molecular flexibility index (Phi) is 5.06. The summed E-state index contributed by atoms with van der Waals surface area (Å²) in [6.45, 7) is 1.78. The Morgan fingerprint density at radius 1 is 0.909 bits per heavy atom. The summed E-state index contributed by atoms with van der Waals surface area (Å²) in [6, 6.07) is 23.4. The van der Waals surface area contributed by atoms with Crippen LogP contribution in [0.5, 0.6) is 5.75 Å². The van der Waals surface area contributed by atoms with Crippen LogP contribution in [0.2, 0.25) is 0 Å². The predicted molar refractivity (Wildman–Crippen MR) is 128 cm³/mol. The molecule has 0 spiro atoms. The normalized spacial score (nSPS) is 11.0. The molecule has 33 heavy (non-hydrogen) atoms. The molecule has 2 aromatic heterocycles. The fraction of sp³-hybridized carbons (Fsp3) is 0.0769. The van der Waals surface area contributed by atoms with Gasteiger partial charge in [-0.2, -0.15) is 0 Å². The van der Waals surface area contributed by atoms with E-state index < -0.39 is 0 Å². The van der Waals surface area contributed by atoms with E-state index in [2.05, 4.69) is 15.3 Å². The molecule has 0 aliphatic rings. The Labute approximate surface area is 189 Å². The maximum atomic E-state index is 13.3. The number of carbonyl (C=O) groups excluding carboxylic acids is 1. The lowest BCUT2D eigenvalue weighted by Gasteiger charge is -2.12. The number of ether oxygens (including phenoxy) is 1. The highest BCUT2D eigenvalue weighted by Gasteiger charge is 2.13. The molecule has 0 atom stereocenters. The van der Waals surface area contributed by atoms with Crippen LogP contribution in [-0.4, -0.2) is 27.6 Å². The molecule has 0 saturated heterocycles. The van der Waals surface area contributed by atoms with Crippen LogP contribution in [0.3, 0.4) is 0 Å². The molecule has 0 aliphatic heterocycles. The average Bonchev–Trinajstić information content (AvgIpc) is 2.84. The van der Waals surface area contributed by atoms with Gasteiger partial charge in [-0.3, -0.25) is 14.2 Å². The van der Waals surface area contributed by atoms with Crippen molar-refractivity contribution in [2.24, 2.45) is 0 Å². The number of benzene rings is 3. The second-order valence-corrected chi connectivity index (χ2v) is 7.57. The topological polar surface area (TPSA) is 86.1 Å². The fourth-order valence-corrected chi connectivity index (χ4v) is 3.80. The van der Waals surface area contributed by atoms with Crippen molar-refractivity contribution in [1.82, 2.24) is 14.5 Å². The van der Waals surface area contributed by atoms with Gasteiger partial charge in [-0.25, -0.2) is 9.97 Å². The third kappa shape index (κ3) is 3.80. The summed E-state index contributed by atoms with van der Waals surface area (Å²) >= 11 is 0. The molecule has 2 heterocycles. The summed E-state index contributed by atoms with van der Waals surface area (Å²) in [4.78, 5) is 35.1. The number of rotatable bonds is 4. The van der Waals surface area contributed by atoms with E-state index in [0.717, 1.165) is 10.9 Å². The van der Waals surface area contributed by atoms with Crippen LogP contribution in [0, 0.1) is 6.92 Å². The summed E-state index contributed by atoms with van der Waals surface area (Å²) in [6.07, 6.45) is 0. The largest absolute Gasteiger partial charge is 0.497 e. The van der Waals surface area contributed by atoms with Crippen molar-refractivity contribution >= 4 is 33.4 Å². The predicted octanol–water partition coefficient (Wildman–Crippen LogP) is 4.50. The number of aromatic nitrogens is 3. The molecule has 5 rings (SSSR count). The van der Waals surface area contributed by atoms with E-state index in [1.165, 1.54) is 4.57 Å². The minimum atomic E-state index is -0.351. The lowest BCUT2D eigenvalue weighted by atomic mass is 10.2. The fourth-order valence-electron chi connectivity index (χ4n) is 3.80. The number of hydrogen-bond acceptors (Lipinski definition) is 5. The zero-order valence-electron chi connectivity index (χ0n) is 18.1. The van der Waals surface area contributed by atoms with Gasteiger partial charge in [-0.15, -0.1) is 0 Å². The van der Waals surface area contributed by atoms with E-state index in [4.69, 9.17) is 4.74 Å². The summed E-state index contributed by atoms with van der Waals surface area (Å²) in [7, 11) is 1.59. The highest BCUT2D eigenvalue weighted by atomic mass is 16.5. The smallest absolute Gasteiger partial charge is 0.274 e. The standard InChI is InChI=1S/C26H20N4O3/c1-16-27-23-14-8-18(28-25(31)24-13-7-17-5-3-4-6-22(17)29-24)15-21(23)26(32)30(16)19-9-11-20(33-2)12-10-19/h3-15H,1-2H3,(H,28,31). The molecule has 3 aromatic carbocycles. The molecule has 7 nitrogen and oxygen atoms in total. The van der Waals surface area contributed by atoms with Crippen LogP contribution in [0.4, 0.5) is 5.69 Å². The number of hydrogen-bond donors (Lipinski definition) is 1. The van der Waals surface area contributed by atoms with Crippen molar-refractivity contribution in [1.29, 1.82) is 0 Å². The first-order valence-electron chi connectivity index (χ1n) is 10.4. The van der Waals surface area contributed by atoms with Gasteiger partial charge in [0.15, 0.2) is 0 Å². The Hall–Kier alpha value is -4.52. The van der Waals surface area contributed by atoms with E-state index in [1.807, 2.05) is 30.3 Å². The van der Waals surface area contributed by atoms with E-state index in [-0.39, 0.29) is 11.5 Å². The number of nitrogens with zero attached hydrogens (tertiary/aromatic N) is 3. The SMILES string of the molecule is COc1ccc(-n2c(C)nc3ccc(NC(=O)c4ccc5ccccc5n4)cc3c2=O)cc1. The summed E-state index contributed by atoms with van der Waals surface area (Å²) in [5.41, 5.74) is 2.55. The minimum absolute atomic E-state index is 0.220. The molecule has 1 amide bonds. The van der Waals surface area contributed by atoms with Crippen molar-refractivity contribution in [2.45, 2.75) is 6.92 Å². The Morgan fingerprint density at radius 2 is 1.70 bits per heavy atom. The zero-order valence-corrected chi connectivity index (χ0v) is 18.1. The maximum Gasteiger partial charge on any atom is 0.274 e. The quantitative estimate of drug-likeness (QED) is 0.448. The number of carbonyl (C=O) groups is 1. The molecule has 0 radical (unpaired) electrons. The van der Waals surface area contributed by atoms with Crippen LogP contribution in [0.1, 0.15) is 16.3 Å². The number of methoxy groups -OCH3 is 1. The van der Waals surface area contributed by atoms with Crippen LogP contribution < -0.4 is 15.6 Å². The Balaban J connectivity index is 1.51. The number of aryl methyl sites for hydroxylation is 1. The molecule has 5 aromatic rings.